The topological polar surface area (TPSA) is 61.4 Å². The molecule has 1 N–H and O–H groups in total. The maximum atomic E-state index is 13.1. The first-order valence-corrected chi connectivity index (χ1v) is 9.60. The van der Waals surface area contributed by atoms with Gasteiger partial charge in [-0.15, -0.1) is 0 Å². The molecule has 2 bridgehead atoms. The van der Waals surface area contributed by atoms with Gasteiger partial charge in [-0.25, -0.2) is 14.8 Å². The lowest BCUT2D eigenvalue weighted by Gasteiger charge is -2.35. The number of amides is 2. The minimum absolute atomic E-state index is 0.0957. The zero-order valence-corrected chi connectivity index (χ0v) is 15.8. The molecule has 7 heteroatoms. The first kappa shape index (κ1) is 17.0. The lowest BCUT2D eigenvalue weighted by Crippen LogP contribution is -2.48. The van der Waals surface area contributed by atoms with Crippen molar-refractivity contribution in [2.24, 2.45) is 0 Å². The van der Waals surface area contributed by atoms with Gasteiger partial charge in [0, 0.05) is 29.9 Å². The molecule has 1 aromatic carbocycles. The van der Waals surface area contributed by atoms with E-state index in [0.29, 0.717) is 16.7 Å². The van der Waals surface area contributed by atoms with Crippen molar-refractivity contribution in [3.63, 3.8) is 0 Å². The predicted molar refractivity (Wildman–Crippen MR) is 111 cm³/mol. The summed E-state index contributed by atoms with van der Waals surface area (Å²) in [7, 11) is 0. The summed E-state index contributed by atoms with van der Waals surface area (Å²) in [4.78, 5) is 26.2. The number of carbonyl (C=O) groups excluding carboxylic acids is 1. The van der Waals surface area contributed by atoms with Crippen LogP contribution in [-0.2, 0) is 0 Å². The molecular weight excluding hydrogens is 374 g/mol. The summed E-state index contributed by atoms with van der Waals surface area (Å²) in [6.45, 7) is 1.74. The Labute approximate surface area is 167 Å². The zero-order valence-electron chi connectivity index (χ0n) is 15.0. The van der Waals surface area contributed by atoms with E-state index < -0.39 is 0 Å². The number of hydrogen-bond donors (Lipinski definition) is 1. The number of urea groups is 1. The molecule has 0 radical (unpaired) electrons. The standard InChI is InChI=1S/C21H18ClN5O/c22-15-5-3-4-14(12-15)17-7-8-18-20(24-17)27(16-9-11-26(18)13-16)21(28)25-19-6-1-2-10-23-19/h1-8,10,12,16H,9,11,13H2,(H,23,25,28)/t16-/m0/s1. The average Bonchev–Trinajstić information content (AvgIpc) is 3.13. The van der Waals surface area contributed by atoms with Crippen LogP contribution in [-0.4, -0.2) is 35.1 Å². The second-order valence-corrected chi connectivity index (χ2v) is 7.39. The number of pyridine rings is 2. The van der Waals surface area contributed by atoms with Gasteiger partial charge in [0.05, 0.1) is 17.4 Å². The number of aromatic nitrogens is 2. The van der Waals surface area contributed by atoms with Gasteiger partial charge in [0.1, 0.15) is 5.82 Å². The quantitative estimate of drug-likeness (QED) is 0.702. The van der Waals surface area contributed by atoms with E-state index in [1.165, 1.54) is 0 Å². The molecule has 1 saturated heterocycles. The van der Waals surface area contributed by atoms with Gasteiger partial charge >= 0.3 is 6.03 Å². The van der Waals surface area contributed by atoms with Crippen molar-refractivity contribution in [2.75, 3.05) is 28.2 Å². The molecule has 0 aliphatic carbocycles. The Morgan fingerprint density at radius 2 is 2.07 bits per heavy atom. The number of nitrogens with one attached hydrogen (secondary N) is 1. The van der Waals surface area contributed by atoms with E-state index >= 15 is 0 Å². The Morgan fingerprint density at radius 3 is 2.89 bits per heavy atom. The van der Waals surface area contributed by atoms with Gasteiger partial charge in [0.25, 0.3) is 0 Å². The third kappa shape index (κ3) is 2.96. The number of carbonyl (C=O) groups is 1. The first-order valence-electron chi connectivity index (χ1n) is 9.22. The van der Waals surface area contributed by atoms with E-state index in [2.05, 4.69) is 15.2 Å². The summed E-state index contributed by atoms with van der Waals surface area (Å²) in [5, 5.41) is 3.56. The number of nitrogens with zero attached hydrogens (tertiary/aromatic N) is 4. The van der Waals surface area contributed by atoms with Gasteiger partial charge in [-0.2, -0.15) is 0 Å². The van der Waals surface area contributed by atoms with Crippen molar-refractivity contribution >= 4 is 35.0 Å². The van der Waals surface area contributed by atoms with Gasteiger partial charge in [-0.3, -0.25) is 10.2 Å². The monoisotopic (exact) mass is 391 g/mol. The van der Waals surface area contributed by atoms with Crippen LogP contribution in [0.5, 0.6) is 0 Å². The molecule has 0 unspecified atom stereocenters. The third-order valence-corrected chi connectivity index (χ3v) is 5.43. The maximum absolute atomic E-state index is 13.1. The molecule has 2 aliphatic rings. The highest BCUT2D eigenvalue weighted by atomic mass is 35.5. The number of benzene rings is 1. The molecule has 2 aliphatic heterocycles. The summed E-state index contributed by atoms with van der Waals surface area (Å²) in [6, 6.07) is 16.9. The van der Waals surface area contributed by atoms with Crippen LogP contribution in [0.15, 0.2) is 60.8 Å². The molecule has 140 valence electrons. The van der Waals surface area contributed by atoms with Gasteiger partial charge in [-0.05, 0) is 42.8 Å². The molecule has 0 saturated carbocycles. The summed E-state index contributed by atoms with van der Waals surface area (Å²) in [6.07, 6.45) is 2.57. The highest BCUT2D eigenvalue weighted by Gasteiger charge is 2.40. The van der Waals surface area contributed by atoms with Crippen molar-refractivity contribution in [1.82, 2.24) is 9.97 Å². The van der Waals surface area contributed by atoms with Crippen LogP contribution in [0.2, 0.25) is 5.02 Å². The van der Waals surface area contributed by atoms with E-state index in [1.54, 1.807) is 17.2 Å². The summed E-state index contributed by atoms with van der Waals surface area (Å²) in [5.74, 6) is 1.21. The lowest BCUT2D eigenvalue weighted by atomic mass is 10.1. The minimum atomic E-state index is -0.206. The Bertz CT molecular complexity index is 1040. The van der Waals surface area contributed by atoms with Crippen molar-refractivity contribution < 1.29 is 4.79 Å². The number of halogens is 1. The Hall–Kier alpha value is -3.12. The Balaban J connectivity index is 1.54. The van der Waals surface area contributed by atoms with Crippen molar-refractivity contribution in [3.05, 3.63) is 65.8 Å². The van der Waals surface area contributed by atoms with Crippen LogP contribution in [0.1, 0.15) is 6.42 Å². The molecule has 1 atom stereocenters. The molecule has 6 nitrogen and oxygen atoms in total. The lowest BCUT2D eigenvalue weighted by molar-refractivity contribution is 0.254. The predicted octanol–water partition coefficient (Wildman–Crippen LogP) is 4.43. The van der Waals surface area contributed by atoms with Crippen LogP contribution in [0.3, 0.4) is 0 Å². The number of anilines is 3. The van der Waals surface area contributed by atoms with Crippen molar-refractivity contribution in [3.8, 4) is 11.3 Å². The molecular formula is C21H18ClN5O. The van der Waals surface area contributed by atoms with E-state index in [1.807, 2.05) is 48.5 Å². The van der Waals surface area contributed by atoms with E-state index in [-0.39, 0.29) is 12.1 Å². The molecule has 28 heavy (non-hydrogen) atoms. The Kier molecular flexibility index (Phi) is 4.13. The molecule has 1 fully saturated rings. The third-order valence-electron chi connectivity index (χ3n) is 5.19. The first-order chi connectivity index (χ1) is 13.7. The van der Waals surface area contributed by atoms with Gasteiger partial charge in [0.15, 0.2) is 5.82 Å². The Morgan fingerprint density at radius 1 is 1.14 bits per heavy atom. The highest BCUT2D eigenvalue weighted by molar-refractivity contribution is 6.30. The molecule has 4 heterocycles. The van der Waals surface area contributed by atoms with Crippen molar-refractivity contribution in [2.45, 2.75) is 12.5 Å². The van der Waals surface area contributed by atoms with Crippen LogP contribution in [0.4, 0.5) is 22.1 Å². The maximum Gasteiger partial charge on any atom is 0.329 e. The fourth-order valence-electron chi connectivity index (χ4n) is 3.89. The normalized spacial score (nSPS) is 17.4. The smallest absolute Gasteiger partial charge is 0.329 e. The largest absolute Gasteiger partial charge is 0.366 e. The molecule has 0 spiro atoms. The van der Waals surface area contributed by atoms with Gasteiger partial charge in [0.2, 0.25) is 0 Å². The highest BCUT2D eigenvalue weighted by Crippen LogP contribution is 2.40. The van der Waals surface area contributed by atoms with Crippen LogP contribution >= 0.6 is 11.6 Å². The molecule has 2 aromatic heterocycles. The van der Waals surface area contributed by atoms with E-state index in [0.717, 1.165) is 36.5 Å². The molecule has 2 amide bonds. The number of rotatable bonds is 2. The van der Waals surface area contributed by atoms with Crippen LogP contribution in [0.25, 0.3) is 11.3 Å². The fourth-order valence-corrected chi connectivity index (χ4v) is 4.08. The van der Waals surface area contributed by atoms with Gasteiger partial charge < -0.3 is 4.90 Å². The number of fused-ring (bicyclic) bond motifs is 4. The zero-order chi connectivity index (χ0) is 19.1. The summed E-state index contributed by atoms with van der Waals surface area (Å²) < 4.78 is 0. The van der Waals surface area contributed by atoms with Crippen LogP contribution < -0.4 is 15.1 Å². The van der Waals surface area contributed by atoms with Crippen molar-refractivity contribution in [1.29, 1.82) is 0 Å². The second-order valence-electron chi connectivity index (χ2n) is 6.95. The van der Waals surface area contributed by atoms with E-state index in [9.17, 15) is 4.79 Å². The van der Waals surface area contributed by atoms with Crippen LogP contribution in [0, 0.1) is 0 Å². The fraction of sp³-hybridized carbons (Fsp3) is 0.190. The summed E-state index contributed by atoms with van der Waals surface area (Å²) in [5.41, 5.74) is 2.70. The minimum Gasteiger partial charge on any atom is -0.366 e. The molecule has 3 aromatic rings. The summed E-state index contributed by atoms with van der Waals surface area (Å²) >= 11 is 6.15. The second kappa shape index (κ2) is 6.80. The molecule has 5 rings (SSSR count). The van der Waals surface area contributed by atoms with Gasteiger partial charge in [-0.1, -0.05) is 29.8 Å². The van der Waals surface area contributed by atoms with E-state index in [4.69, 9.17) is 16.6 Å². The average molecular weight is 392 g/mol. The SMILES string of the molecule is O=C(Nc1ccccn1)N1c2nc(-c3cccc(Cl)c3)ccc2N2CC[C@H]1C2. The number of hydrogen-bond acceptors (Lipinski definition) is 4.